The molecule has 1 aliphatic carbocycles. The Balaban J connectivity index is 1.93. The summed E-state index contributed by atoms with van der Waals surface area (Å²) in [5.74, 6) is 0.833. The first-order valence-corrected chi connectivity index (χ1v) is 6.26. The third kappa shape index (κ3) is 1.69. The minimum atomic E-state index is 0.833. The van der Waals surface area contributed by atoms with E-state index in [0.717, 1.165) is 5.92 Å². The van der Waals surface area contributed by atoms with Gasteiger partial charge in [-0.2, -0.15) is 0 Å². The van der Waals surface area contributed by atoms with Crippen molar-refractivity contribution in [2.75, 3.05) is 13.1 Å². The maximum absolute atomic E-state index is 3.45. The lowest BCUT2D eigenvalue weighted by atomic mass is 9.86. The van der Waals surface area contributed by atoms with Crippen molar-refractivity contribution in [3.8, 4) is 0 Å². The highest BCUT2D eigenvalue weighted by Gasteiger charge is 2.21. The molecule has 0 unspecified atom stereocenters. The maximum Gasteiger partial charge on any atom is -0.00431 e. The first-order chi connectivity index (χ1) is 7.45. The molecule has 1 saturated heterocycles. The van der Waals surface area contributed by atoms with Crippen LogP contribution in [0.2, 0.25) is 0 Å². The predicted octanol–water partition coefficient (Wildman–Crippen LogP) is 2.64. The second-order valence-corrected chi connectivity index (χ2v) is 4.86. The molecule has 0 spiro atoms. The first-order valence-electron chi connectivity index (χ1n) is 6.26. The van der Waals surface area contributed by atoms with E-state index in [1.165, 1.54) is 45.2 Å². The van der Waals surface area contributed by atoms with E-state index in [1.54, 1.807) is 16.7 Å². The zero-order valence-corrected chi connectivity index (χ0v) is 9.26. The zero-order valence-electron chi connectivity index (χ0n) is 9.26. The second kappa shape index (κ2) is 3.97. The molecule has 1 aromatic rings. The summed E-state index contributed by atoms with van der Waals surface area (Å²) in [5.41, 5.74) is 5.00. The highest BCUT2D eigenvalue weighted by molar-refractivity contribution is 5.40. The van der Waals surface area contributed by atoms with Crippen molar-refractivity contribution in [1.82, 2.24) is 5.32 Å². The van der Waals surface area contributed by atoms with Gasteiger partial charge in [-0.05, 0) is 67.8 Å². The van der Waals surface area contributed by atoms with Crippen LogP contribution in [0.3, 0.4) is 0 Å². The summed E-state index contributed by atoms with van der Waals surface area (Å²) in [7, 11) is 0. The van der Waals surface area contributed by atoms with E-state index in [9.17, 15) is 0 Å². The van der Waals surface area contributed by atoms with E-state index in [0.29, 0.717) is 0 Å². The number of piperidine rings is 1. The van der Waals surface area contributed by atoms with Crippen LogP contribution < -0.4 is 5.32 Å². The van der Waals surface area contributed by atoms with Crippen molar-refractivity contribution in [2.45, 2.75) is 38.0 Å². The molecule has 2 aliphatic rings. The van der Waals surface area contributed by atoms with Crippen molar-refractivity contribution in [1.29, 1.82) is 0 Å². The molecule has 1 N–H and O–H groups in total. The Morgan fingerprint density at radius 3 is 2.80 bits per heavy atom. The summed E-state index contributed by atoms with van der Waals surface area (Å²) >= 11 is 0. The number of rotatable bonds is 1. The molecule has 1 heteroatoms. The van der Waals surface area contributed by atoms with Crippen LogP contribution in [0.5, 0.6) is 0 Å². The third-order valence-electron chi connectivity index (χ3n) is 3.96. The van der Waals surface area contributed by atoms with Crippen molar-refractivity contribution in [3.05, 3.63) is 34.9 Å². The fourth-order valence-electron chi connectivity index (χ4n) is 3.16. The summed E-state index contributed by atoms with van der Waals surface area (Å²) in [6.45, 7) is 2.41. The molecule has 0 bridgehead atoms. The maximum atomic E-state index is 3.45. The van der Waals surface area contributed by atoms with Crippen LogP contribution in [-0.4, -0.2) is 13.1 Å². The van der Waals surface area contributed by atoms with E-state index in [1.807, 2.05) is 0 Å². The minimum Gasteiger partial charge on any atom is -0.317 e. The summed E-state index contributed by atoms with van der Waals surface area (Å²) in [6.07, 6.45) is 6.67. The van der Waals surface area contributed by atoms with Gasteiger partial charge in [0.1, 0.15) is 0 Å². The van der Waals surface area contributed by atoms with Crippen molar-refractivity contribution in [3.63, 3.8) is 0 Å². The Hall–Kier alpha value is -0.820. The lowest BCUT2D eigenvalue weighted by molar-refractivity contribution is 0.458. The molecular formula is C14H19N. The van der Waals surface area contributed by atoms with E-state index < -0.39 is 0 Å². The highest BCUT2D eigenvalue weighted by atomic mass is 14.9. The second-order valence-electron chi connectivity index (χ2n) is 4.86. The monoisotopic (exact) mass is 201 g/mol. The van der Waals surface area contributed by atoms with Gasteiger partial charge in [-0.25, -0.2) is 0 Å². The SMILES string of the molecule is c1cc2c(c(C3CCNCC3)c1)CCC2. The zero-order chi connectivity index (χ0) is 10.1. The van der Waals surface area contributed by atoms with E-state index >= 15 is 0 Å². The molecule has 0 amide bonds. The van der Waals surface area contributed by atoms with Gasteiger partial charge >= 0.3 is 0 Å². The Morgan fingerprint density at radius 1 is 1.07 bits per heavy atom. The molecule has 3 rings (SSSR count). The van der Waals surface area contributed by atoms with Crippen LogP contribution >= 0.6 is 0 Å². The molecule has 0 atom stereocenters. The molecule has 0 saturated carbocycles. The smallest absolute Gasteiger partial charge is 0.00431 e. The molecule has 80 valence electrons. The molecular weight excluding hydrogens is 182 g/mol. The van der Waals surface area contributed by atoms with Gasteiger partial charge in [-0.3, -0.25) is 0 Å². The Kier molecular flexibility index (Phi) is 2.49. The lowest BCUT2D eigenvalue weighted by Gasteiger charge is -2.25. The van der Waals surface area contributed by atoms with Gasteiger partial charge in [-0.15, -0.1) is 0 Å². The molecule has 1 aromatic carbocycles. The number of hydrogen-bond donors (Lipinski definition) is 1. The fourth-order valence-corrected chi connectivity index (χ4v) is 3.16. The van der Waals surface area contributed by atoms with Crippen LogP contribution in [0, 0.1) is 0 Å². The average Bonchev–Trinajstić information content (AvgIpc) is 2.78. The van der Waals surface area contributed by atoms with Crippen LogP contribution in [0.15, 0.2) is 18.2 Å². The van der Waals surface area contributed by atoms with Gasteiger partial charge in [0, 0.05) is 0 Å². The lowest BCUT2D eigenvalue weighted by Crippen LogP contribution is -2.27. The number of aryl methyl sites for hydroxylation is 1. The molecule has 1 aliphatic heterocycles. The van der Waals surface area contributed by atoms with Gasteiger partial charge in [0.05, 0.1) is 0 Å². The quantitative estimate of drug-likeness (QED) is 0.736. The predicted molar refractivity (Wildman–Crippen MR) is 63.3 cm³/mol. The molecule has 1 nitrogen and oxygen atoms in total. The van der Waals surface area contributed by atoms with Crippen molar-refractivity contribution >= 4 is 0 Å². The van der Waals surface area contributed by atoms with Gasteiger partial charge in [0.25, 0.3) is 0 Å². The fraction of sp³-hybridized carbons (Fsp3) is 0.571. The van der Waals surface area contributed by atoms with Crippen molar-refractivity contribution in [2.24, 2.45) is 0 Å². The van der Waals surface area contributed by atoms with Gasteiger partial charge in [0.15, 0.2) is 0 Å². The van der Waals surface area contributed by atoms with Crippen LogP contribution in [0.1, 0.15) is 41.9 Å². The molecule has 15 heavy (non-hydrogen) atoms. The number of hydrogen-bond acceptors (Lipinski definition) is 1. The summed E-state index contributed by atoms with van der Waals surface area (Å²) in [5, 5.41) is 3.45. The molecule has 0 radical (unpaired) electrons. The van der Waals surface area contributed by atoms with E-state index in [2.05, 4.69) is 23.5 Å². The van der Waals surface area contributed by atoms with Gasteiger partial charge < -0.3 is 5.32 Å². The van der Waals surface area contributed by atoms with Gasteiger partial charge in [-0.1, -0.05) is 18.2 Å². The standard InChI is InChI=1S/C14H19N/c1-3-11-4-2-6-14(13(11)5-1)12-7-9-15-10-8-12/h2,4,6,12,15H,1,3,5,7-10H2. The normalized spacial score (nSPS) is 21.6. The van der Waals surface area contributed by atoms with Gasteiger partial charge in [0.2, 0.25) is 0 Å². The Morgan fingerprint density at radius 2 is 1.93 bits per heavy atom. The molecule has 1 heterocycles. The molecule has 0 aromatic heterocycles. The number of benzene rings is 1. The molecule has 1 fully saturated rings. The Labute approximate surface area is 91.9 Å². The van der Waals surface area contributed by atoms with Crippen LogP contribution in [0.4, 0.5) is 0 Å². The van der Waals surface area contributed by atoms with E-state index in [4.69, 9.17) is 0 Å². The minimum absolute atomic E-state index is 0.833. The highest BCUT2D eigenvalue weighted by Crippen LogP contribution is 2.33. The largest absolute Gasteiger partial charge is 0.317 e. The first kappa shape index (κ1) is 9.41. The summed E-state index contributed by atoms with van der Waals surface area (Å²) in [4.78, 5) is 0. The third-order valence-corrected chi connectivity index (χ3v) is 3.96. The summed E-state index contributed by atoms with van der Waals surface area (Å²) in [6, 6.07) is 6.97. The topological polar surface area (TPSA) is 12.0 Å². The van der Waals surface area contributed by atoms with Crippen LogP contribution in [0.25, 0.3) is 0 Å². The number of fused-ring (bicyclic) bond motifs is 1. The average molecular weight is 201 g/mol. The number of nitrogens with one attached hydrogen (secondary N) is 1. The Bertz CT molecular complexity index is 350. The summed E-state index contributed by atoms with van der Waals surface area (Å²) < 4.78 is 0. The van der Waals surface area contributed by atoms with Crippen molar-refractivity contribution < 1.29 is 0 Å². The van der Waals surface area contributed by atoms with Crippen LogP contribution in [-0.2, 0) is 12.8 Å². The van der Waals surface area contributed by atoms with E-state index in [-0.39, 0.29) is 0 Å².